The van der Waals surface area contributed by atoms with Gasteiger partial charge in [0.15, 0.2) is 0 Å². The van der Waals surface area contributed by atoms with Crippen LogP contribution in [0.3, 0.4) is 0 Å². The number of amides is 1. The number of alkyl halides is 3. The summed E-state index contributed by atoms with van der Waals surface area (Å²) in [6.45, 7) is 0.836. The molecule has 2 rings (SSSR count). The Kier molecular flexibility index (Phi) is 4.27. The van der Waals surface area contributed by atoms with E-state index in [1.165, 1.54) is 18.2 Å². The van der Waals surface area contributed by atoms with Crippen molar-refractivity contribution in [1.82, 2.24) is 10.6 Å². The second-order valence-electron chi connectivity index (χ2n) is 4.73. The number of benzene rings is 1. The predicted octanol–water partition coefficient (Wildman–Crippen LogP) is 1.95. The Balaban J connectivity index is 2.15. The standard InChI is InChI=1S/C13H14F4N2O/c14-9-3-1-2-8(6-9)10-4-5-18-7-11(10)19-12(20)13(15,16)17/h1-3,6,10-11,18H,4-5,7H2,(H,19,20)/t10-,11-/m1/s1. The van der Waals surface area contributed by atoms with Gasteiger partial charge in [0.05, 0.1) is 0 Å². The molecule has 1 heterocycles. The lowest BCUT2D eigenvalue weighted by Crippen LogP contribution is -2.53. The summed E-state index contributed by atoms with van der Waals surface area (Å²) < 4.78 is 50.1. The molecule has 0 unspecified atom stereocenters. The number of nitrogens with one attached hydrogen (secondary N) is 2. The summed E-state index contributed by atoms with van der Waals surface area (Å²) in [6.07, 6.45) is -4.38. The second-order valence-corrected chi connectivity index (χ2v) is 4.73. The number of hydrogen-bond acceptors (Lipinski definition) is 2. The van der Waals surface area contributed by atoms with Crippen LogP contribution in [0.4, 0.5) is 17.6 Å². The van der Waals surface area contributed by atoms with E-state index in [0.29, 0.717) is 18.5 Å². The molecule has 7 heteroatoms. The van der Waals surface area contributed by atoms with Crippen molar-refractivity contribution in [2.24, 2.45) is 0 Å². The van der Waals surface area contributed by atoms with Gasteiger partial charge in [-0.05, 0) is 30.7 Å². The number of rotatable bonds is 2. The van der Waals surface area contributed by atoms with E-state index in [1.54, 1.807) is 6.07 Å². The van der Waals surface area contributed by atoms with Crippen LogP contribution in [0.25, 0.3) is 0 Å². The van der Waals surface area contributed by atoms with Crippen LogP contribution in [-0.4, -0.2) is 31.2 Å². The quantitative estimate of drug-likeness (QED) is 0.817. The van der Waals surface area contributed by atoms with Gasteiger partial charge in [-0.3, -0.25) is 4.79 Å². The number of piperidine rings is 1. The fraction of sp³-hybridized carbons (Fsp3) is 0.462. The van der Waals surface area contributed by atoms with Gasteiger partial charge in [-0.15, -0.1) is 0 Å². The Morgan fingerprint density at radius 2 is 2.10 bits per heavy atom. The van der Waals surface area contributed by atoms with Gasteiger partial charge in [0.1, 0.15) is 5.82 Å². The molecule has 0 bridgehead atoms. The lowest BCUT2D eigenvalue weighted by Gasteiger charge is -2.33. The number of carbonyl (C=O) groups is 1. The number of carbonyl (C=O) groups excluding carboxylic acids is 1. The monoisotopic (exact) mass is 290 g/mol. The minimum absolute atomic E-state index is 0.225. The molecule has 0 spiro atoms. The maximum atomic E-state index is 13.2. The molecule has 1 saturated heterocycles. The van der Waals surface area contributed by atoms with Crippen molar-refractivity contribution in [1.29, 1.82) is 0 Å². The SMILES string of the molecule is O=C(N[C@@H]1CNCC[C@@H]1c1cccc(F)c1)C(F)(F)F. The van der Waals surface area contributed by atoms with E-state index in [4.69, 9.17) is 0 Å². The van der Waals surface area contributed by atoms with Crippen LogP contribution in [0.15, 0.2) is 24.3 Å². The molecule has 2 N–H and O–H groups in total. The van der Waals surface area contributed by atoms with Crippen LogP contribution in [0.5, 0.6) is 0 Å². The third-order valence-corrected chi connectivity index (χ3v) is 3.33. The first-order valence-corrected chi connectivity index (χ1v) is 6.22. The van der Waals surface area contributed by atoms with E-state index in [2.05, 4.69) is 5.32 Å². The summed E-state index contributed by atoms with van der Waals surface area (Å²) >= 11 is 0. The summed E-state index contributed by atoms with van der Waals surface area (Å²) in [5.41, 5.74) is 0.596. The van der Waals surface area contributed by atoms with Crippen molar-refractivity contribution in [3.63, 3.8) is 0 Å². The summed E-state index contributed by atoms with van der Waals surface area (Å²) in [4.78, 5) is 11.0. The fourth-order valence-electron chi connectivity index (χ4n) is 2.40. The van der Waals surface area contributed by atoms with Gasteiger partial charge in [0.25, 0.3) is 0 Å². The molecule has 1 aliphatic heterocycles. The van der Waals surface area contributed by atoms with Crippen molar-refractivity contribution in [2.45, 2.75) is 24.6 Å². The third kappa shape index (κ3) is 3.47. The van der Waals surface area contributed by atoms with E-state index in [9.17, 15) is 22.4 Å². The number of hydrogen-bond donors (Lipinski definition) is 2. The third-order valence-electron chi connectivity index (χ3n) is 3.33. The van der Waals surface area contributed by atoms with Crippen molar-refractivity contribution < 1.29 is 22.4 Å². The van der Waals surface area contributed by atoms with E-state index < -0.39 is 23.9 Å². The highest BCUT2D eigenvalue weighted by Gasteiger charge is 2.41. The maximum absolute atomic E-state index is 13.2. The Morgan fingerprint density at radius 1 is 1.35 bits per heavy atom. The molecule has 0 saturated carbocycles. The first-order chi connectivity index (χ1) is 9.38. The topological polar surface area (TPSA) is 41.1 Å². The zero-order chi connectivity index (χ0) is 14.8. The van der Waals surface area contributed by atoms with E-state index in [1.807, 2.05) is 5.32 Å². The zero-order valence-electron chi connectivity index (χ0n) is 10.5. The highest BCUT2D eigenvalue weighted by Crippen LogP contribution is 2.27. The normalized spacial score (nSPS) is 23.4. The molecular formula is C13H14F4N2O. The molecule has 2 atom stereocenters. The highest BCUT2D eigenvalue weighted by atomic mass is 19.4. The molecule has 1 aromatic carbocycles. The van der Waals surface area contributed by atoms with Crippen LogP contribution in [0, 0.1) is 5.82 Å². The van der Waals surface area contributed by atoms with Crippen LogP contribution >= 0.6 is 0 Å². The Labute approximate surface area is 113 Å². The van der Waals surface area contributed by atoms with Crippen LogP contribution in [0.1, 0.15) is 17.9 Å². The highest BCUT2D eigenvalue weighted by molar-refractivity contribution is 5.82. The van der Waals surface area contributed by atoms with Crippen molar-refractivity contribution in [3.8, 4) is 0 Å². The van der Waals surface area contributed by atoms with Crippen LogP contribution in [-0.2, 0) is 4.79 Å². The average Bonchev–Trinajstić information content (AvgIpc) is 2.38. The number of halogens is 4. The Bertz CT molecular complexity index is 490. The van der Waals surface area contributed by atoms with Crippen LogP contribution in [0.2, 0.25) is 0 Å². The van der Waals surface area contributed by atoms with Crippen molar-refractivity contribution >= 4 is 5.91 Å². The lowest BCUT2D eigenvalue weighted by molar-refractivity contribution is -0.174. The average molecular weight is 290 g/mol. The minimum Gasteiger partial charge on any atom is -0.344 e. The predicted molar refractivity (Wildman–Crippen MR) is 64.6 cm³/mol. The largest absolute Gasteiger partial charge is 0.471 e. The van der Waals surface area contributed by atoms with Gasteiger partial charge < -0.3 is 10.6 Å². The van der Waals surface area contributed by atoms with Gasteiger partial charge in [-0.25, -0.2) is 4.39 Å². The van der Waals surface area contributed by atoms with Gasteiger partial charge >= 0.3 is 12.1 Å². The molecule has 1 amide bonds. The molecule has 0 aliphatic carbocycles. The molecule has 110 valence electrons. The molecule has 0 radical (unpaired) electrons. The molecule has 0 aromatic heterocycles. The van der Waals surface area contributed by atoms with Crippen molar-refractivity contribution in [3.05, 3.63) is 35.6 Å². The fourth-order valence-corrected chi connectivity index (χ4v) is 2.40. The molecular weight excluding hydrogens is 276 g/mol. The molecule has 1 aliphatic rings. The minimum atomic E-state index is -4.91. The molecule has 1 aromatic rings. The summed E-state index contributed by atoms with van der Waals surface area (Å²) in [6, 6.07) is 5.03. The van der Waals surface area contributed by atoms with E-state index in [0.717, 1.165) is 0 Å². The Hall–Kier alpha value is -1.63. The smallest absolute Gasteiger partial charge is 0.344 e. The van der Waals surface area contributed by atoms with Crippen molar-refractivity contribution in [2.75, 3.05) is 13.1 Å². The maximum Gasteiger partial charge on any atom is 0.471 e. The first-order valence-electron chi connectivity index (χ1n) is 6.22. The molecule has 1 fully saturated rings. The van der Waals surface area contributed by atoms with Crippen LogP contribution < -0.4 is 10.6 Å². The lowest BCUT2D eigenvalue weighted by atomic mass is 9.86. The zero-order valence-corrected chi connectivity index (χ0v) is 10.5. The summed E-state index contributed by atoms with van der Waals surface area (Å²) in [5.74, 6) is -2.74. The van der Waals surface area contributed by atoms with Gasteiger partial charge in [0.2, 0.25) is 0 Å². The van der Waals surface area contributed by atoms with Gasteiger partial charge in [-0.2, -0.15) is 13.2 Å². The van der Waals surface area contributed by atoms with Gasteiger partial charge in [0, 0.05) is 18.5 Å². The van der Waals surface area contributed by atoms with Gasteiger partial charge in [-0.1, -0.05) is 12.1 Å². The summed E-state index contributed by atoms with van der Waals surface area (Å²) in [7, 11) is 0. The van der Waals surface area contributed by atoms with E-state index in [-0.39, 0.29) is 12.5 Å². The molecule has 20 heavy (non-hydrogen) atoms. The summed E-state index contributed by atoms with van der Waals surface area (Å²) in [5, 5.41) is 4.91. The second kappa shape index (κ2) is 5.78. The Morgan fingerprint density at radius 3 is 2.75 bits per heavy atom. The van der Waals surface area contributed by atoms with E-state index >= 15 is 0 Å². The molecule has 3 nitrogen and oxygen atoms in total. The first kappa shape index (κ1) is 14.8.